The molecule has 2 atom stereocenters. The SMILES string of the molecule is Cc1ccc(C(Nc2ccc3c(c2)Sc2cccc(-c4cc(N5CCOCC5)cc(OC5=C=N5)n4)c2S3)C2CN(C(=O)OC(C)(C)C)CCO2)nc1. The third-order valence-electron chi connectivity index (χ3n) is 8.89. The number of aromatic nitrogens is 2. The largest absolute Gasteiger partial charge is 0.444 e. The molecule has 13 heteroatoms. The van der Waals surface area contributed by atoms with Crippen LogP contribution in [0.1, 0.15) is 38.1 Å². The smallest absolute Gasteiger partial charge is 0.410 e. The minimum atomic E-state index is -0.580. The van der Waals surface area contributed by atoms with E-state index in [1.165, 1.54) is 0 Å². The molecule has 8 rings (SSSR count). The monoisotopic (exact) mass is 736 g/mol. The number of morpholine rings is 2. The van der Waals surface area contributed by atoms with E-state index in [0.29, 0.717) is 44.7 Å². The summed E-state index contributed by atoms with van der Waals surface area (Å²) in [5.74, 6) is 3.73. The number of ether oxygens (including phenoxy) is 4. The summed E-state index contributed by atoms with van der Waals surface area (Å²) in [6.07, 6.45) is 1.19. The molecule has 0 saturated carbocycles. The van der Waals surface area contributed by atoms with E-state index in [2.05, 4.69) is 69.6 Å². The van der Waals surface area contributed by atoms with E-state index in [0.717, 1.165) is 66.6 Å². The second-order valence-corrected chi connectivity index (χ2v) is 16.1. The summed E-state index contributed by atoms with van der Waals surface area (Å²) in [4.78, 5) is 35.3. The Morgan fingerprint density at radius 3 is 2.62 bits per heavy atom. The zero-order valence-electron chi connectivity index (χ0n) is 29.5. The summed E-state index contributed by atoms with van der Waals surface area (Å²) in [5.41, 5.74) is 5.20. The molecule has 6 heterocycles. The Labute approximate surface area is 311 Å². The number of carbonyl (C=O) groups excluding carboxylic acids is 1. The fraction of sp³-hybridized carbons (Fsp3) is 0.359. The van der Waals surface area contributed by atoms with E-state index in [1.54, 1.807) is 28.4 Å². The molecule has 1 N–H and O–H groups in total. The number of benzene rings is 2. The Balaban J connectivity index is 1.06. The zero-order chi connectivity index (χ0) is 35.8. The van der Waals surface area contributed by atoms with Crippen LogP contribution in [0.4, 0.5) is 16.2 Å². The number of anilines is 2. The maximum Gasteiger partial charge on any atom is 0.410 e. The molecule has 2 saturated heterocycles. The minimum Gasteiger partial charge on any atom is -0.444 e. The quantitative estimate of drug-likeness (QED) is 0.170. The van der Waals surface area contributed by atoms with Gasteiger partial charge in [-0.05, 0) is 69.7 Å². The zero-order valence-corrected chi connectivity index (χ0v) is 31.2. The topological polar surface area (TPSA) is 111 Å². The van der Waals surface area contributed by atoms with Crippen LogP contribution in [0, 0.1) is 6.92 Å². The third kappa shape index (κ3) is 7.94. The molecule has 4 aliphatic rings. The molecule has 2 aromatic heterocycles. The first kappa shape index (κ1) is 34.6. The van der Waals surface area contributed by atoms with Crippen LogP contribution in [0.2, 0.25) is 0 Å². The molecule has 1 amide bonds. The van der Waals surface area contributed by atoms with Crippen LogP contribution in [0.3, 0.4) is 0 Å². The highest BCUT2D eigenvalue weighted by molar-refractivity contribution is 8.05. The highest BCUT2D eigenvalue weighted by Gasteiger charge is 2.34. The van der Waals surface area contributed by atoms with Crippen molar-refractivity contribution in [3.05, 3.63) is 84.0 Å². The fourth-order valence-corrected chi connectivity index (χ4v) is 8.72. The molecule has 0 bridgehead atoms. The lowest BCUT2D eigenvalue weighted by Crippen LogP contribution is -2.50. The number of aliphatic imine (C=N–C) groups is 1. The standard InChI is InChI=1S/C39H40N6O5S2/c1-24-8-10-28(40-21-24)36(30-23-45(14-17-48-30)38(46)50-39(2,3)4)42-25-9-11-31-33(18-25)51-32-7-5-6-27(37(32)52-31)29-19-26(44-12-15-47-16-13-44)20-34(43-29)49-35-22-41-35/h5-11,18-21,30,36,42H,12-17,23H2,1-4H3. The Bertz CT molecular complexity index is 2060. The Kier molecular flexibility index (Phi) is 9.62. The minimum absolute atomic E-state index is 0.304. The van der Waals surface area contributed by atoms with Crippen molar-refractivity contribution < 1.29 is 23.7 Å². The number of pyridine rings is 2. The molecule has 2 unspecified atom stereocenters. The summed E-state index contributed by atoms with van der Waals surface area (Å²) in [6, 6.07) is 20.7. The van der Waals surface area contributed by atoms with Crippen LogP contribution in [0.5, 0.6) is 5.88 Å². The van der Waals surface area contributed by atoms with Crippen molar-refractivity contribution in [2.24, 2.45) is 4.99 Å². The fourth-order valence-electron chi connectivity index (χ4n) is 6.32. The van der Waals surface area contributed by atoms with Gasteiger partial charge >= 0.3 is 6.09 Å². The molecule has 52 heavy (non-hydrogen) atoms. The number of hydrogen-bond acceptors (Lipinski definition) is 12. The maximum absolute atomic E-state index is 13.0. The number of nitrogens with zero attached hydrogens (tertiary/aromatic N) is 5. The number of hydrogen-bond donors (Lipinski definition) is 1. The van der Waals surface area contributed by atoms with Crippen molar-refractivity contribution in [3.63, 3.8) is 0 Å². The van der Waals surface area contributed by atoms with Gasteiger partial charge < -0.3 is 34.1 Å². The molecule has 0 spiro atoms. The van der Waals surface area contributed by atoms with Gasteiger partial charge in [-0.25, -0.2) is 9.78 Å². The van der Waals surface area contributed by atoms with Crippen molar-refractivity contribution in [3.8, 4) is 17.1 Å². The van der Waals surface area contributed by atoms with Crippen molar-refractivity contribution in [2.45, 2.75) is 65.0 Å². The van der Waals surface area contributed by atoms with E-state index in [1.807, 2.05) is 46.0 Å². The lowest BCUT2D eigenvalue weighted by atomic mass is 10.0. The predicted molar refractivity (Wildman–Crippen MR) is 202 cm³/mol. The lowest BCUT2D eigenvalue weighted by molar-refractivity contribution is -0.0488. The molecule has 4 aliphatic heterocycles. The number of carbonyl (C=O) groups is 1. The van der Waals surface area contributed by atoms with E-state index < -0.39 is 5.60 Å². The van der Waals surface area contributed by atoms with Crippen molar-refractivity contribution >= 4 is 46.9 Å². The van der Waals surface area contributed by atoms with Gasteiger partial charge in [0.05, 0.1) is 49.7 Å². The summed E-state index contributed by atoms with van der Waals surface area (Å²) in [7, 11) is 0. The van der Waals surface area contributed by atoms with Crippen molar-refractivity contribution in [1.29, 1.82) is 0 Å². The molecule has 2 aromatic carbocycles. The van der Waals surface area contributed by atoms with Crippen molar-refractivity contribution in [2.75, 3.05) is 56.2 Å². The van der Waals surface area contributed by atoms with Gasteiger partial charge in [0.25, 0.3) is 5.88 Å². The average molecular weight is 737 g/mol. The lowest BCUT2D eigenvalue weighted by Gasteiger charge is -2.38. The van der Waals surface area contributed by atoms with Crippen molar-refractivity contribution in [1.82, 2.24) is 14.9 Å². The highest BCUT2D eigenvalue weighted by atomic mass is 32.2. The Morgan fingerprint density at radius 2 is 1.85 bits per heavy atom. The normalized spacial score (nSPS) is 18.5. The summed E-state index contributed by atoms with van der Waals surface area (Å²) in [6.45, 7) is 11.9. The molecule has 2 fully saturated rings. The van der Waals surface area contributed by atoms with Gasteiger partial charge in [0.1, 0.15) is 11.7 Å². The second-order valence-electron chi connectivity index (χ2n) is 14.0. The van der Waals surface area contributed by atoms with Gasteiger partial charge in [0.15, 0.2) is 0 Å². The predicted octanol–water partition coefficient (Wildman–Crippen LogP) is 7.60. The van der Waals surface area contributed by atoms with Gasteiger partial charge in [0, 0.05) is 68.4 Å². The number of fused-ring (bicyclic) bond motifs is 2. The van der Waals surface area contributed by atoms with Gasteiger partial charge in [0.2, 0.25) is 5.88 Å². The van der Waals surface area contributed by atoms with Gasteiger partial charge in [-0.3, -0.25) is 4.98 Å². The van der Waals surface area contributed by atoms with Crippen LogP contribution in [-0.2, 0) is 14.2 Å². The van der Waals surface area contributed by atoms with Crippen LogP contribution >= 0.6 is 23.5 Å². The van der Waals surface area contributed by atoms with Crippen LogP contribution in [0.15, 0.2) is 97.3 Å². The Morgan fingerprint density at radius 1 is 1.00 bits per heavy atom. The average Bonchev–Trinajstić information content (AvgIpc) is 3.97. The Hall–Kier alpha value is -4.52. The third-order valence-corrected chi connectivity index (χ3v) is 11.5. The van der Waals surface area contributed by atoms with E-state index in [4.69, 9.17) is 28.9 Å². The summed E-state index contributed by atoms with van der Waals surface area (Å²) in [5, 5.41) is 3.73. The van der Waals surface area contributed by atoms with Crippen LogP contribution in [-0.4, -0.2) is 84.5 Å². The van der Waals surface area contributed by atoms with E-state index in [9.17, 15) is 4.79 Å². The molecule has 268 valence electrons. The number of aryl methyl sites for hydroxylation is 1. The summed E-state index contributed by atoms with van der Waals surface area (Å²) < 4.78 is 23.5. The number of rotatable bonds is 8. The maximum atomic E-state index is 13.0. The second kappa shape index (κ2) is 14.5. The molecular weight excluding hydrogens is 697 g/mol. The van der Waals surface area contributed by atoms with Crippen LogP contribution < -0.4 is 15.0 Å². The molecule has 4 aromatic rings. The molecule has 0 aliphatic carbocycles. The highest BCUT2D eigenvalue weighted by Crippen LogP contribution is 2.52. The molecular formula is C39H40N6O5S2. The number of nitrogens with one attached hydrogen (secondary N) is 1. The number of amides is 1. The van der Waals surface area contributed by atoms with E-state index >= 15 is 0 Å². The molecule has 0 radical (unpaired) electrons. The van der Waals surface area contributed by atoms with Gasteiger partial charge in [-0.1, -0.05) is 41.7 Å². The van der Waals surface area contributed by atoms with Gasteiger partial charge in [-0.15, -0.1) is 0 Å². The first-order valence-corrected chi connectivity index (χ1v) is 19.1. The van der Waals surface area contributed by atoms with E-state index in [-0.39, 0.29) is 18.2 Å². The first-order valence-electron chi connectivity index (χ1n) is 17.4. The van der Waals surface area contributed by atoms with Gasteiger partial charge in [-0.2, -0.15) is 4.99 Å². The first-order chi connectivity index (χ1) is 25.1. The molecule has 11 nitrogen and oxygen atoms in total. The summed E-state index contributed by atoms with van der Waals surface area (Å²) >= 11 is 3.49. The van der Waals surface area contributed by atoms with Crippen LogP contribution in [0.25, 0.3) is 11.3 Å².